The minimum atomic E-state index is -4.85. The van der Waals surface area contributed by atoms with Gasteiger partial charge in [-0.15, -0.1) is 0 Å². The highest BCUT2D eigenvalue weighted by atomic mass is 19.4. The van der Waals surface area contributed by atoms with E-state index >= 15 is 0 Å². The fraction of sp³-hybridized carbons (Fsp3) is 0.708. The maximum atomic E-state index is 14.2. The summed E-state index contributed by atoms with van der Waals surface area (Å²) in [5, 5.41) is 0. The van der Waals surface area contributed by atoms with Crippen molar-refractivity contribution in [2.45, 2.75) is 110 Å². The first-order chi connectivity index (χ1) is 14.3. The molecule has 0 saturated heterocycles. The van der Waals surface area contributed by atoms with Crippen molar-refractivity contribution in [3.63, 3.8) is 0 Å². The Bertz CT molecular complexity index is 614. The van der Waals surface area contributed by atoms with E-state index in [2.05, 4.69) is 6.92 Å². The first-order valence-corrected chi connectivity index (χ1v) is 11.4. The van der Waals surface area contributed by atoms with Gasteiger partial charge in [0, 0.05) is 0 Å². The lowest BCUT2D eigenvalue weighted by Gasteiger charge is -2.18. The number of ether oxygens (including phenoxy) is 1. The van der Waals surface area contributed by atoms with Crippen LogP contribution in [-0.4, -0.2) is 12.1 Å². The van der Waals surface area contributed by atoms with Gasteiger partial charge in [0.2, 0.25) is 0 Å². The van der Waals surface area contributed by atoms with Gasteiger partial charge in [-0.1, -0.05) is 84.1 Å². The molecular formula is C24H36F4O2. The molecule has 0 aliphatic carbocycles. The Morgan fingerprint density at radius 1 is 0.867 bits per heavy atom. The molecule has 1 rings (SSSR count). The van der Waals surface area contributed by atoms with Crippen molar-refractivity contribution in [3.05, 3.63) is 35.1 Å². The fourth-order valence-corrected chi connectivity index (χ4v) is 3.57. The summed E-state index contributed by atoms with van der Waals surface area (Å²) in [5.41, 5.74) is -2.10. The molecule has 30 heavy (non-hydrogen) atoms. The van der Waals surface area contributed by atoms with Crippen LogP contribution in [0, 0.1) is 5.82 Å². The summed E-state index contributed by atoms with van der Waals surface area (Å²) in [6, 6.07) is 2.69. The number of carbonyl (C=O) groups excluding carboxylic acids is 1. The highest BCUT2D eigenvalue weighted by molar-refractivity contribution is 5.90. The van der Waals surface area contributed by atoms with Gasteiger partial charge in [0.1, 0.15) is 11.9 Å². The molecule has 0 fully saturated rings. The molecule has 1 aromatic rings. The van der Waals surface area contributed by atoms with Gasteiger partial charge in [0.25, 0.3) is 0 Å². The third kappa shape index (κ3) is 9.94. The summed E-state index contributed by atoms with van der Waals surface area (Å²) >= 11 is 0. The zero-order valence-electron chi connectivity index (χ0n) is 18.3. The molecule has 172 valence electrons. The molecule has 0 radical (unpaired) electrons. The zero-order valence-corrected chi connectivity index (χ0v) is 18.3. The van der Waals surface area contributed by atoms with Crippen molar-refractivity contribution in [3.8, 4) is 0 Å². The minimum absolute atomic E-state index is 0.398. The first kappa shape index (κ1) is 26.4. The van der Waals surface area contributed by atoms with E-state index in [9.17, 15) is 22.4 Å². The summed E-state index contributed by atoms with van der Waals surface area (Å²) < 4.78 is 58.1. The van der Waals surface area contributed by atoms with Gasteiger partial charge in [0.05, 0.1) is 11.1 Å². The predicted octanol–water partition coefficient (Wildman–Crippen LogP) is 8.48. The Balaban J connectivity index is 2.43. The van der Waals surface area contributed by atoms with Crippen molar-refractivity contribution in [1.29, 1.82) is 0 Å². The van der Waals surface area contributed by atoms with Crippen molar-refractivity contribution in [1.82, 2.24) is 0 Å². The van der Waals surface area contributed by atoms with Gasteiger partial charge < -0.3 is 4.74 Å². The number of esters is 1. The van der Waals surface area contributed by atoms with Crippen LogP contribution in [0.1, 0.15) is 113 Å². The van der Waals surface area contributed by atoms with E-state index in [1.165, 1.54) is 44.9 Å². The second-order valence-corrected chi connectivity index (χ2v) is 7.95. The van der Waals surface area contributed by atoms with Crippen LogP contribution < -0.4 is 0 Å². The van der Waals surface area contributed by atoms with Crippen LogP contribution in [0.25, 0.3) is 0 Å². The predicted molar refractivity (Wildman–Crippen MR) is 112 cm³/mol. The number of alkyl halides is 3. The quantitative estimate of drug-likeness (QED) is 0.158. The van der Waals surface area contributed by atoms with Gasteiger partial charge in [-0.25, -0.2) is 9.18 Å². The topological polar surface area (TPSA) is 26.3 Å². The summed E-state index contributed by atoms with van der Waals surface area (Å²) in [4.78, 5) is 12.3. The fourth-order valence-electron chi connectivity index (χ4n) is 3.57. The monoisotopic (exact) mass is 432 g/mol. The van der Waals surface area contributed by atoms with Crippen LogP contribution in [0.3, 0.4) is 0 Å². The number of halogens is 4. The minimum Gasteiger partial charge on any atom is -0.459 e. The lowest BCUT2D eigenvalue weighted by molar-refractivity contribution is -0.140. The van der Waals surface area contributed by atoms with E-state index in [1.54, 1.807) is 0 Å². The Labute approximate surface area is 178 Å². The molecule has 0 aliphatic rings. The van der Waals surface area contributed by atoms with Crippen molar-refractivity contribution < 1.29 is 27.1 Å². The Morgan fingerprint density at radius 2 is 1.43 bits per heavy atom. The Morgan fingerprint density at radius 3 is 1.97 bits per heavy atom. The molecular weight excluding hydrogens is 396 g/mol. The summed E-state index contributed by atoms with van der Waals surface area (Å²) in [6.45, 7) is 4.16. The van der Waals surface area contributed by atoms with E-state index in [1.807, 2.05) is 6.92 Å². The van der Waals surface area contributed by atoms with Crippen LogP contribution in [-0.2, 0) is 10.9 Å². The molecule has 0 heterocycles. The van der Waals surface area contributed by atoms with Gasteiger partial charge in [0.15, 0.2) is 0 Å². The molecule has 0 aromatic heterocycles. The van der Waals surface area contributed by atoms with Crippen LogP contribution in [0.15, 0.2) is 18.2 Å². The second kappa shape index (κ2) is 14.4. The maximum Gasteiger partial charge on any atom is 0.419 e. The molecule has 0 saturated carbocycles. The van der Waals surface area contributed by atoms with E-state index in [0.717, 1.165) is 37.8 Å². The highest BCUT2D eigenvalue weighted by Crippen LogP contribution is 2.32. The van der Waals surface area contributed by atoms with Crippen molar-refractivity contribution in [2.24, 2.45) is 0 Å². The van der Waals surface area contributed by atoms with Crippen LogP contribution >= 0.6 is 0 Å². The molecule has 1 atom stereocenters. The van der Waals surface area contributed by atoms with Crippen molar-refractivity contribution in [2.75, 3.05) is 0 Å². The average Bonchev–Trinajstić information content (AvgIpc) is 2.68. The highest BCUT2D eigenvalue weighted by Gasteiger charge is 2.36. The van der Waals surface area contributed by atoms with Crippen LogP contribution in [0.2, 0.25) is 0 Å². The lowest BCUT2D eigenvalue weighted by Crippen LogP contribution is -2.20. The zero-order chi connectivity index (χ0) is 22.4. The number of benzene rings is 1. The second-order valence-electron chi connectivity index (χ2n) is 7.95. The summed E-state index contributed by atoms with van der Waals surface area (Å²) in [7, 11) is 0. The molecule has 1 aromatic carbocycles. The lowest BCUT2D eigenvalue weighted by atomic mass is 10.0. The SMILES string of the molecule is CCCCCCCCCCCCC(CCC)OC(=O)c1cccc(C(F)(F)F)c1F. The molecule has 6 heteroatoms. The number of unbranched alkanes of at least 4 members (excludes halogenated alkanes) is 9. The first-order valence-electron chi connectivity index (χ1n) is 11.4. The summed E-state index contributed by atoms with van der Waals surface area (Å²) in [6.07, 6.45) is 8.73. The average molecular weight is 433 g/mol. The standard InChI is InChI=1S/C24H36F4O2/c1-3-5-6-7-8-9-10-11-12-13-16-19(15-4-2)30-23(29)20-17-14-18-21(22(20)25)24(26,27)28/h14,17-19H,3-13,15-16H2,1-2H3. The molecule has 0 bridgehead atoms. The third-order valence-corrected chi connectivity index (χ3v) is 5.29. The summed E-state index contributed by atoms with van der Waals surface area (Å²) in [5.74, 6) is -2.59. The van der Waals surface area contributed by atoms with E-state index in [0.29, 0.717) is 18.9 Å². The third-order valence-electron chi connectivity index (χ3n) is 5.29. The molecule has 1 unspecified atom stereocenters. The number of hydrogen-bond acceptors (Lipinski definition) is 2. The Hall–Kier alpha value is -1.59. The van der Waals surface area contributed by atoms with Gasteiger partial charge in [-0.05, 0) is 31.4 Å². The number of carbonyl (C=O) groups is 1. The van der Waals surface area contributed by atoms with Gasteiger partial charge in [-0.3, -0.25) is 0 Å². The number of rotatable bonds is 15. The molecule has 0 N–H and O–H groups in total. The molecule has 0 aliphatic heterocycles. The van der Waals surface area contributed by atoms with Crippen molar-refractivity contribution >= 4 is 5.97 Å². The van der Waals surface area contributed by atoms with Crippen LogP contribution in [0.5, 0.6) is 0 Å². The van der Waals surface area contributed by atoms with E-state index in [-0.39, 0.29) is 0 Å². The molecule has 0 spiro atoms. The van der Waals surface area contributed by atoms with E-state index in [4.69, 9.17) is 4.74 Å². The smallest absolute Gasteiger partial charge is 0.419 e. The Kier molecular flexibility index (Phi) is 12.7. The van der Waals surface area contributed by atoms with E-state index < -0.39 is 35.2 Å². The van der Waals surface area contributed by atoms with Gasteiger partial charge >= 0.3 is 12.1 Å². The molecule has 2 nitrogen and oxygen atoms in total. The normalized spacial score (nSPS) is 12.7. The maximum absolute atomic E-state index is 14.2. The number of hydrogen-bond donors (Lipinski definition) is 0. The van der Waals surface area contributed by atoms with Crippen LogP contribution in [0.4, 0.5) is 17.6 Å². The van der Waals surface area contributed by atoms with Gasteiger partial charge in [-0.2, -0.15) is 13.2 Å². The largest absolute Gasteiger partial charge is 0.459 e. The molecule has 0 amide bonds.